The number of phosphoric acid groups is 1. The molecule has 0 rings (SSSR count). The number of esters is 1. The van der Waals surface area contributed by atoms with E-state index in [1.807, 2.05) is 33.3 Å². The van der Waals surface area contributed by atoms with Gasteiger partial charge in [0, 0.05) is 12.8 Å². The van der Waals surface area contributed by atoms with Crippen molar-refractivity contribution in [2.75, 3.05) is 40.9 Å². The third-order valence-electron chi connectivity index (χ3n) is 13.9. The Morgan fingerprint density at radius 1 is 0.474 bits per heavy atom. The van der Waals surface area contributed by atoms with Gasteiger partial charge in [-0.05, 0) is 76.7 Å². The zero-order chi connectivity index (χ0) is 55.7. The minimum Gasteiger partial charge on any atom is -0.756 e. The van der Waals surface area contributed by atoms with Crippen LogP contribution >= 0.6 is 7.82 Å². The van der Waals surface area contributed by atoms with Crippen LogP contribution in [0.25, 0.3) is 0 Å². The van der Waals surface area contributed by atoms with E-state index >= 15 is 0 Å². The third kappa shape index (κ3) is 56.2. The molecule has 0 bridgehead atoms. The summed E-state index contributed by atoms with van der Waals surface area (Å²) in [6.07, 6.45) is 71.5. The van der Waals surface area contributed by atoms with Gasteiger partial charge in [-0.3, -0.25) is 14.2 Å². The molecule has 0 fully saturated rings. The first-order valence-electron chi connectivity index (χ1n) is 31.7. The number of carbonyl (C=O) groups excluding carboxylic acids is 2. The van der Waals surface area contributed by atoms with Gasteiger partial charge in [0.2, 0.25) is 5.91 Å². The second-order valence-corrected chi connectivity index (χ2v) is 23.9. The molecule has 0 aromatic rings. The fourth-order valence-electron chi connectivity index (χ4n) is 9.02. The molecule has 0 radical (unpaired) electrons. The Morgan fingerprint density at radius 2 is 0.842 bits per heavy atom. The van der Waals surface area contributed by atoms with Crippen molar-refractivity contribution >= 4 is 19.7 Å². The van der Waals surface area contributed by atoms with E-state index in [-0.39, 0.29) is 24.9 Å². The van der Waals surface area contributed by atoms with Crippen molar-refractivity contribution in [3.05, 3.63) is 72.9 Å². The highest BCUT2D eigenvalue weighted by Gasteiger charge is 2.27. The van der Waals surface area contributed by atoms with Gasteiger partial charge in [0.05, 0.1) is 33.8 Å². The lowest BCUT2D eigenvalue weighted by Crippen LogP contribution is -2.47. The van der Waals surface area contributed by atoms with E-state index in [0.717, 1.165) is 103 Å². The number of quaternary nitrogens is 1. The molecule has 0 aliphatic rings. The number of phosphoric ester groups is 1. The maximum Gasteiger partial charge on any atom is 0.306 e. The lowest BCUT2D eigenvalue weighted by atomic mass is 10.0. The molecular formula is C66H121N2O7P. The fourth-order valence-corrected chi connectivity index (χ4v) is 9.74. The largest absolute Gasteiger partial charge is 0.756 e. The molecule has 0 saturated heterocycles. The maximum atomic E-state index is 13.5. The van der Waals surface area contributed by atoms with Gasteiger partial charge in [0.15, 0.2) is 0 Å². The Balaban J connectivity index is 5.13. The smallest absolute Gasteiger partial charge is 0.306 e. The van der Waals surface area contributed by atoms with E-state index in [2.05, 4.69) is 86.8 Å². The van der Waals surface area contributed by atoms with Crippen LogP contribution in [-0.2, 0) is 27.9 Å². The van der Waals surface area contributed by atoms with Gasteiger partial charge in [0.25, 0.3) is 7.82 Å². The number of likely N-dealkylation sites (N-methyl/N-ethyl adjacent to an activating group) is 1. The number of nitrogens with one attached hydrogen (secondary N) is 1. The molecule has 0 aromatic carbocycles. The summed E-state index contributed by atoms with van der Waals surface area (Å²) in [5, 5.41) is 3.03. The van der Waals surface area contributed by atoms with Gasteiger partial charge in [-0.1, -0.05) is 267 Å². The highest BCUT2D eigenvalue weighted by atomic mass is 31.2. The zero-order valence-electron chi connectivity index (χ0n) is 50.4. The summed E-state index contributed by atoms with van der Waals surface area (Å²) >= 11 is 0. The van der Waals surface area contributed by atoms with E-state index in [1.165, 1.54) is 148 Å². The first-order valence-corrected chi connectivity index (χ1v) is 33.2. The first-order chi connectivity index (χ1) is 36.9. The number of ether oxygens (including phenoxy) is 1. The normalized spacial score (nSPS) is 14.1. The Bertz CT molecular complexity index is 1530. The summed E-state index contributed by atoms with van der Waals surface area (Å²) in [5.41, 5.74) is 0. The molecular weight excluding hydrogens is 964 g/mol. The van der Waals surface area contributed by atoms with Gasteiger partial charge in [-0.2, -0.15) is 0 Å². The number of nitrogens with zero attached hydrogens (tertiary/aromatic N) is 1. The molecule has 1 N–H and O–H groups in total. The van der Waals surface area contributed by atoms with Crippen LogP contribution in [0.15, 0.2) is 72.9 Å². The number of allylic oxidation sites excluding steroid dienone is 11. The van der Waals surface area contributed by atoms with Gasteiger partial charge in [0.1, 0.15) is 19.3 Å². The molecule has 0 aliphatic carbocycles. The molecule has 10 heteroatoms. The topological polar surface area (TPSA) is 114 Å². The van der Waals surface area contributed by atoms with Crippen molar-refractivity contribution < 1.29 is 37.3 Å². The van der Waals surface area contributed by atoms with Crippen molar-refractivity contribution in [3.8, 4) is 0 Å². The number of unbranched alkanes of at least 4 members (excludes halogenated alkanes) is 31. The van der Waals surface area contributed by atoms with E-state index in [9.17, 15) is 19.0 Å². The molecule has 0 aromatic heterocycles. The molecule has 0 heterocycles. The predicted octanol–water partition coefficient (Wildman–Crippen LogP) is 19.0. The Morgan fingerprint density at radius 3 is 1.26 bits per heavy atom. The highest BCUT2D eigenvalue weighted by Crippen LogP contribution is 2.38. The van der Waals surface area contributed by atoms with Gasteiger partial charge in [-0.25, -0.2) is 0 Å². The van der Waals surface area contributed by atoms with Crippen LogP contribution in [0.2, 0.25) is 0 Å². The van der Waals surface area contributed by atoms with Crippen LogP contribution in [0.1, 0.15) is 284 Å². The number of amides is 1. The van der Waals surface area contributed by atoms with Crippen LogP contribution in [0.3, 0.4) is 0 Å². The second kappa shape index (κ2) is 55.8. The quantitative estimate of drug-likeness (QED) is 0.0212. The number of hydrogen-bond acceptors (Lipinski definition) is 7. The van der Waals surface area contributed by atoms with Crippen molar-refractivity contribution in [1.82, 2.24) is 5.32 Å². The van der Waals surface area contributed by atoms with Crippen molar-refractivity contribution in [1.29, 1.82) is 0 Å². The molecule has 9 nitrogen and oxygen atoms in total. The molecule has 3 atom stereocenters. The van der Waals surface area contributed by atoms with Crippen LogP contribution < -0.4 is 10.2 Å². The summed E-state index contributed by atoms with van der Waals surface area (Å²) in [5.74, 6) is -0.542. The van der Waals surface area contributed by atoms with Crippen LogP contribution in [-0.4, -0.2) is 69.4 Å². The molecule has 0 spiro atoms. The van der Waals surface area contributed by atoms with Crippen molar-refractivity contribution in [3.63, 3.8) is 0 Å². The van der Waals surface area contributed by atoms with Gasteiger partial charge >= 0.3 is 5.97 Å². The van der Waals surface area contributed by atoms with Crippen LogP contribution in [0.4, 0.5) is 0 Å². The summed E-state index contributed by atoms with van der Waals surface area (Å²) in [6.45, 7) is 6.74. The van der Waals surface area contributed by atoms with Crippen molar-refractivity contribution in [2.24, 2.45) is 0 Å². The Kier molecular flexibility index (Phi) is 53.9. The van der Waals surface area contributed by atoms with Crippen LogP contribution in [0.5, 0.6) is 0 Å². The van der Waals surface area contributed by atoms with E-state index in [4.69, 9.17) is 13.8 Å². The minimum absolute atomic E-state index is 0.0244. The molecule has 3 unspecified atom stereocenters. The van der Waals surface area contributed by atoms with Crippen LogP contribution in [0, 0.1) is 0 Å². The second-order valence-electron chi connectivity index (χ2n) is 22.5. The first kappa shape index (κ1) is 73.5. The average molecular weight is 1090 g/mol. The lowest BCUT2D eigenvalue weighted by molar-refractivity contribution is -0.870. The lowest BCUT2D eigenvalue weighted by Gasteiger charge is -2.30. The Hall–Kier alpha value is -2.55. The molecule has 0 saturated carbocycles. The van der Waals surface area contributed by atoms with E-state index in [1.54, 1.807) is 0 Å². The monoisotopic (exact) mass is 1080 g/mol. The summed E-state index contributed by atoms with van der Waals surface area (Å²) in [4.78, 5) is 40.0. The standard InChI is InChI=1S/C66H121N2O7P/c1-7-10-13-16-19-22-25-28-29-30-31-32-33-34-35-36-37-38-39-41-43-46-49-52-55-58-65(69)67-63(62-74-76(71,72)73-61-60-68(4,5)6)64(57-54-51-48-45-42-27-24-21-18-15-12-9-3)75-66(70)59-56-53-50-47-44-40-26-23-20-17-14-11-8-2/h10,13,19,22,28-29,31-32,34-35,54,57,63-64H,7-9,11-12,14-18,20-21,23-27,30,33,36-53,55-56,58-62H2,1-6H3,(H-,67,69,71,72)/b13-10-,22-19-,29-28-,32-31-,35-34-,57-54-. The van der Waals surface area contributed by atoms with Crippen molar-refractivity contribution in [2.45, 2.75) is 296 Å². The minimum atomic E-state index is -4.70. The third-order valence-corrected chi connectivity index (χ3v) is 14.9. The predicted molar refractivity (Wildman–Crippen MR) is 325 cm³/mol. The highest BCUT2D eigenvalue weighted by molar-refractivity contribution is 7.45. The summed E-state index contributed by atoms with van der Waals surface area (Å²) < 4.78 is 30.3. The summed E-state index contributed by atoms with van der Waals surface area (Å²) in [6, 6.07) is -0.891. The Labute approximate surface area is 470 Å². The average Bonchev–Trinajstić information content (AvgIpc) is 3.38. The molecule has 0 aliphatic heterocycles. The number of hydrogen-bond donors (Lipinski definition) is 1. The molecule has 1 amide bonds. The SMILES string of the molecule is CC/C=C\C/C=C\C/C=C\C/C=C\C/C=C\CCCCCCCCCCCC(=O)NC(COP(=O)([O-])OCC[N+](C)(C)C)C(/C=C\CCCCCCCCCCCC)OC(=O)CCCCCCCCCCCCCCC. The zero-order valence-corrected chi connectivity index (χ0v) is 51.3. The van der Waals surface area contributed by atoms with Gasteiger partial charge < -0.3 is 28.5 Å². The molecule has 76 heavy (non-hydrogen) atoms. The number of carbonyl (C=O) groups is 2. The van der Waals surface area contributed by atoms with Gasteiger partial charge in [-0.15, -0.1) is 0 Å². The molecule has 442 valence electrons. The van der Waals surface area contributed by atoms with E-state index < -0.39 is 26.6 Å². The fraction of sp³-hybridized carbons (Fsp3) is 0.788. The summed E-state index contributed by atoms with van der Waals surface area (Å²) in [7, 11) is 1.18. The number of rotatable bonds is 57. The van der Waals surface area contributed by atoms with E-state index in [0.29, 0.717) is 17.4 Å². The maximum absolute atomic E-state index is 13.5.